The van der Waals surface area contributed by atoms with Crippen molar-refractivity contribution in [2.45, 2.75) is 78.0 Å². The first-order chi connectivity index (χ1) is 22.7. The minimum Gasteiger partial charge on any atom is -0.344 e. The Labute approximate surface area is 272 Å². The van der Waals surface area contributed by atoms with Crippen LogP contribution in [0.15, 0.2) is 54.6 Å². The third-order valence-electron chi connectivity index (χ3n) is 8.05. The number of tetrazole rings is 1. The zero-order chi connectivity index (χ0) is 33.3. The van der Waals surface area contributed by atoms with E-state index < -0.39 is 12.1 Å². The number of hydrogen-bond donors (Lipinski definition) is 2. The van der Waals surface area contributed by atoms with Gasteiger partial charge in [0.25, 0.3) is 0 Å². The van der Waals surface area contributed by atoms with Crippen LogP contribution in [0, 0.1) is 18.7 Å². The van der Waals surface area contributed by atoms with Gasteiger partial charge in [0.2, 0.25) is 23.5 Å². The van der Waals surface area contributed by atoms with Crippen LogP contribution in [0.5, 0.6) is 0 Å². The van der Waals surface area contributed by atoms with Crippen molar-refractivity contribution in [3.8, 4) is 11.4 Å². The molecular weight excluding hydrogens is 603 g/mol. The number of rotatable bonds is 8. The molecule has 1 aliphatic rings. The Balaban J connectivity index is 1.28. The summed E-state index contributed by atoms with van der Waals surface area (Å²) in [6.07, 6.45) is 1.66. The number of amides is 3. The van der Waals surface area contributed by atoms with Crippen LogP contribution >= 0.6 is 0 Å². The van der Waals surface area contributed by atoms with E-state index in [2.05, 4.69) is 36.1 Å². The SMILES string of the molecule is Cc1nc2n(n1)CCN(C(=O)CCCn1nnc(-c3ccc(F)cc3)n1)CCCC(=O)N[C@@H](Cc1ccccc1)C(=O)N[C@@H]2C(C)C. The highest BCUT2D eigenvalue weighted by molar-refractivity contribution is 5.88. The van der Waals surface area contributed by atoms with Crippen LogP contribution in [0.2, 0.25) is 0 Å². The van der Waals surface area contributed by atoms with Gasteiger partial charge < -0.3 is 15.5 Å². The van der Waals surface area contributed by atoms with Crippen molar-refractivity contribution >= 4 is 17.7 Å². The maximum absolute atomic E-state index is 13.6. The minimum absolute atomic E-state index is 0.0195. The highest BCUT2D eigenvalue weighted by atomic mass is 19.1. The molecule has 0 radical (unpaired) electrons. The number of aryl methyl sites for hydroxylation is 2. The molecular formula is C33H41FN10O3. The summed E-state index contributed by atoms with van der Waals surface area (Å²) in [4.78, 5) is 48.0. The normalized spacial score (nSPS) is 17.9. The smallest absolute Gasteiger partial charge is 0.243 e. The maximum Gasteiger partial charge on any atom is 0.243 e. The maximum atomic E-state index is 13.6. The molecule has 0 saturated heterocycles. The van der Waals surface area contributed by atoms with Crippen molar-refractivity contribution in [3.05, 3.63) is 77.6 Å². The molecule has 2 aromatic heterocycles. The Morgan fingerprint density at radius 3 is 2.51 bits per heavy atom. The highest BCUT2D eigenvalue weighted by Crippen LogP contribution is 2.22. The zero-order valence-corrected chi connectivity index (χ0v) is 27.0. The fraction of sp³-hybridized carbons (Fsp3) is 0.455. The van der Waals surface area contributed by atoms with E-state index >= 15 is 0 Å². The fourth-order valence-corrected chi connectivity index (χ4v) is 5.56. The molecule has 0 bridgehead atoms. The van der Waals surface area contributed by atoms with E-state index in [-0.39, 0.29) is 42.3 Å². The van der Waals surface area contributed by atoms with Gasteiger partial charge in [0, 0.05) is 37.9 Å². The van der Waals surface area contributed by atoms with E-state index in [1.165, 1.54) is 16.9 Å². The average Bonchev–Trinajstić information content (AvgIpc) is 3.67. The molecule has 3 heterocycles. The quantitative estimate of drug-likeness (QED) is 0.297. The highest BCUT2D eigenvalue weighted by Gasteiger charge is 2.30. The van der Waals surface area contributed by atoms with E-state index in [0.717, 1.165) is 5.56 Å². The number of carbonyl (C=O) groups excluding carboxylic acids is 3. The summed E-state index contributed by atoms with van der Waals surface area (Å²) in [6.45, 7) is 7.28. The number of benzene rings is 2. The average molecular weight is 645 g/mol. The second-order valence-electron chi connectivity index (χ2n) is 12.1. The second kappa shape index (κ2) is 15.5. The summed E-state index contributed by atoms with van der Waals surface area (Å²) in [5, 5.41) is 23.1. The molecule has 14 heteroatoms. The van der Waals surface area contributed by atoms with E-state index in [4.69, 9.17) is 0 Å². The molecule has 5 rings (SSSR count). The molecule has 2 N–H and O–H groups in total. The van der Waals surface area contributed by atoms with Crippen molar-refractivity contribution in [2.24, 2.45) is 5.92 Å². The molecule has 248 valence electrons. The standard InChI is InChI=1S/C33H41FN10O3/c1-22(2)30-32-35-23(3)39-43(32)20-19-42(17-7-11-28(45)36-27(33(47)37-30)21-24-9-5-4-6-10-24)29(46)12-8-18-44-40-31(38-41-44)25-13-15-26(34)16-14-25/h4-6,9-10,13-16,22,27,30H,7-8,11-12,17-21H2,1-3H3,(H,36,45)(H,37,47)/t27-,30+/m0/s1. The largest absolute Gasteiger partial charge is 0.344 e. The Morgan fingerprint density at radius 2 is 1.77 bits per heavy atom. The molecule has 13 nitrogen and oxygen atoms in total. The van der Waals surface area contributed by atoms with Gasteiger partial charge in [-0.25, -0.2) is 14.1 Å². The molecule has 47 heavy (non-hydrogen) atoms. The van der Waals surface area contributed by atoms with Gasteiger partial charge in [-0.15, -0.1) is 10.2 Å². The van der Waals surface area contributed by atoms with Crippen LogP contribution in [0.1, 0.15) is 62.8 Å². The van der Waals surface area contributed by atoms with Crippen LogP contribution < -0.4 is 10.6 Å². The first-order valence-electron chi connectivity index (χ1n) is 16.0. The van der Waals surface area contributed by atoms with E-state index in [0.29, 0.717) is 68.5 Å². The molecule has 0 unspecified atom stereocenters. The second-order valence-corrected chi connectivity index (χ2v) is 12.1. The third-order valence-corrected chi connectivity index (χ3v) is 8.05. The van der Waals surface area contributed by atoms with Crippen LogP contribution in [0.25, 0.3) is 11.4 Å². The summed E-state index contributed by atoms with van der Waals surface area (Å²) in [7, 11) is 0. The monoisotopic (exact) mass is 644 g/mol. The molecule has 3 amide bonds. The van der Waals surface area contributed by atoms with E-state index in [9.17, 15) is 18.8 Å². The first-order valence-corrected chi connectivity index (χ1v) is 16.0. The Morgan fingerprint density at radius 1 is 1.00 bits per heavy atom. The Bertz CT molecular complexity index is 1650. The third kappa shape index (κ3) is 9.05. The lowest BCUT2D eigenvalue weighted by atomic mass is 10.0. The van der Waals surface area contributed by atoms with Gasteiger partial charge in [0.05, 0.1) is 19.1 Å². The number of fused-ring (bicyclic) bond motifs is 1. The molecule has 2 aromatic carbocycles. The van der Waals surface area contributed by atoms with Crippen LogP contribution in [-0.4, -0.2) is 76.7 Å². The minimum atomic E-state index is -0.779. The summed E-state index contributed by atoms with van der Waals surface area (Å²) >= 11 is 0. The van der Waals surface area contributed by atoms with E-state index in [1.54, 1.807) is 28.6 Å². The van der Waals surface area contributed by atoms with Crippen molar-refractivity contribution < 1.29 is 18.8 Å². The topological polar surface area (TPSA) is 153 Å². The van der Waals surface area contributed by atoms with Gasteiger partial charge in [-0.2, -0.15) is 9.90 Å². The van der Waals surface area contributed by atoms with Gasteiger partial charge in [-0.1, -0.05) is 44.2 Å². The summed E-state index contributed by atoms with van der Waals surface area (Å²) in [6, 6.07) is 14.2. The number of hydrogen-bond acceptors (Lipinski definition) is 8. The molecule has 1 aliphatic heterocycles. The van der Waals surface area contributed by atoms with Crippen LogP contribution in [0.4, 0.5) is 4.39 Å². The fourth-order valence-electron chi connectivity index (χ4n) is 5.56. The summed E-state index contributed by atoms with van der Waals surface area (Å²) in [5.41, 5.74) is 1.58. The Hall–Kier alpha value is -5.01. The predicted octanol–water partition coefficient (Wildman–Crippen LogP) is 3.02. The van der Waals surface area contributed by atoms with Crippen molar-refractivity contribution in [1.82, 2.24) is 50.5 Å². The molecule has 0 aliphatic carbocycles. The van der Waals surface area contributed by atoms with Gasteiger partial charge in [0.15, 0.2) is 0 Å². The van der Waals surface area contributed by atoms with Gasteiger partial charge in [-0.3, -0.25) is 14.4 Å². The number of halogens is 1. The van der Waals surface area contributed by atoms with Crippen molar-refractivity contribution in [2.75, 3.05) is 13.1 Å². The zero-order valence-electron chi connectivity index (χ0n) is 27.0. The van der Waals surface area contributed by atoms with Gasteiger partial charge >= 0.3 is 0 Å². The summed E-state index contributed by atoms with van der Waals surface area (Å²) in [5.74, 6) is 0.589. The number of carbonyl (C=O) groups is 3. The Kier molecular flexibility index (Phi) is 11.0. The molecule has 0 saturated carbocycles. The molecule has 2 atom stereocenters. The molecule has 0 spiro atoms. The van der Waals surface area contributed by atoms with Crippen LogP contribution in [-0.2, 0) is 33.9 Å². The van der Waals surface area contributed by atoms with Crippen molar-refractivity contribution in [3.63, 3.8) is 0 Å². The lowest BCUT2D eigenvalue weighted by Crippen LogP contribution is -2.50. The molecule has 0 fully saturated rings. The number of nitrogens with zero attached hydrogens (tertiary/aromatic N) is 8. The van der Waals surface area contributed by atoms with Gasteiger partial charge in [-0.05, 0) is 60.7 Å². The van der Waals surface area contributed by atoms with Crippen molar-refractivity contribution in [1.29, 1.82) is 0 Å². The lowest BCUT2D eigenvalue weighted by Gasteiger charge is -2.28. The predicted molar refractivity (Wildman–Crippen MR) is 171 cm³/mol. The number of aromatic nitrogens is 7. The first kappa shape index (κ1) is 33.4. The summed E-state index contributed by atoms with van der Waals surface area (Å²) < 4.78 is 15.0. The molecule has 4 aromatic rings. The lowest BCUT2D eigenvalue weighted by molar-refractivity contribution is -0.132. The number of nitrogens with one attached hydrogen (secondary N) is 2. The van der Waals surface area contributed by atoms with Crippen LogP contribution in [0.3, 0.4) is 0 Å². The van der Waals surface area contributed by atoms with E-state index in [1.807, 2.05) is 44.2 Å². The van der Waals surface area contributed by atoms with Gasteiger partial charge in [0.1, 0.15) is 23.5 Å².